The van der Waals surface area contributed by atoms with Gasteiger partial charge in [0.25, 0.3) is 5.91 Å². The summed E-state index contributed by atoms with van der Waals surface area (Å²) in [6.45, 7) is 1.62. The van der Waals surface area contributed by atoms with E-state index < -0.39 is 0 Å². The summed E-state index contributed by atoms with van der Waals surface area (Å²) in [5.41, 5.74) is 2.47. The molecule has 0 radical (unpaired) electrons. The van der Waals surface area contributed by atoms with Gasteiger partial charge in [0.1, 0.15) is 12.1 Å². The summed E-state index contributed by atoms with van der Waals surface area (Å²) in [7, 11) is 3.09. The molecule has 9 nitrogen and oxygen atoms in total. The monoisotopic (exact) mass is 446 g/mol. The largest absolute Gasteiger partial charge is 0.493 e. The van der Waals surface area contributed by atoms with E-state index in [4.69, 9.17) is 9.47 Å². The molecule has 170 valence electrons. The number of hydrogen-bond donors (Lipinski definition) is 2. The van der Waals surface area contributed by atoms with Crippen LogP contribution in [0, 0.1) is 0 Å². The van der Waals surface area contributed by atoms with E-state index in [0.717, 1.165) is 24.2 Å². The number of fused-ring (bicyclic) bond motifs is 1. The van der Waals surface area contributed by atoms with Crippen LogP contribution < -0.4 is 20.1 Å². The van der Waals surface area contributed by atoms with Gasteiger partial charge >= 0.3 is 0 Å². The van der Waals surface area contributed by atoms with Crippen LogP contribution in [0.15, 0.2) is 61.1 Å². The topological polar surface area (TPSA) is 103 Å². The Morgan fingerprint density at radius 2 is 1.82 bits per heavy atom. The normalized spacial score (nSPS) is 10.7. The molecular weight excluding hydrogens is 420 g/mol. The lowest BCUT2D eigenvalue weighted by Gasteiger charge is -2.10. The van der Waals surface area contributed by atoms with Gasteiger partial charge in [0.2, 0.25) is 0 Å². The minimum atomic E-state index is -0.203. The zero-order chi connectivity index (χ0) is 23.0. The van der Waals surface area contributed by atoms with Gasteiger partial charge in [-0.25, -0.2) is 14.6 Å². The van der Waals surface area contributed by atoms with Crippen molar-refractivity contribution in [2.24, 2.45) is 0 Å². The second-order valence-corrected chi connectivity index (χ2v) is 7.32. The number of aromatic nitrogens is 4. The van der Waals surface area contributed by atoms with E-state index >= 15 is 0 Å². The summed E-state index contributed by atoms with van der Waals surface area (Å²) < 4.78 is 12.2. The van der Waals surface area contributed by atoms with Gasteiger partial charge in [-0.15, -0.1) is 0 Å². The van der Waals surface area contributed by atoms with Crippen LogP contribution in [0.4, 0.5) is 5.82 Å². The average Bonchev–Trinajstić information content (AvgIpc) is 3.28. The van der Waals surface area contributed by atoms with Crippen LogP contribution in [-0.4, -0.2) is 53.0 Å². The maximum absolute atomic E-state index is 12.5. The number of hydrogen-bond acceptors (Lipinski definition) is 7. The lowest BCUT2D eigenvalue weighted by Crippen LogP contribution is -2.27. The number of ether oxygens (including phenoxy) is 2. The molecule has 2 aromatic carbocycles. The van der Waals surface area contributed by atoms with E-state index in [1.807, 2.05) is 18.2 Å². The van der Waals surface area contributed by atoms with E-state index in [0.29, 0.717) is 35.8 Å². The molecule has 2 heterocycles. The van der Waals surface area contributed by atoms with Crippen LogP contribution in [0.25, 0.3) is 11.0 Å². The van der Waals surface area contributed by atoms with Gasteiger partial charge in [-0.05, 0) is 30.2 Å². The van der Waals surface area contributed by atoms with Crippen LogP contribution in [0.5, 0.6) is 11.5 Å². The fourth-order valence-corrected chi connectivity index (χ4v) is 3.52. The number of rotatable bonds is 10. The first-order valence-electron chi connectivity index (χ1n) is 10.6. The molecule has 0 unspecified atom stereocenters. The Balaban J connectivity index is 1.35. The zero-order valence-corrected chi connectivity index (χ0v) is 18.6. The molecule has 0 aliphatic heterocycles. The molecule has 9 heteroatoms. The first-order valence-corrected chi connectivity index (χ1v) is 10.6. The lowest BCUT2D eigenvalue weighted by molar-refractivity contribution is 0.0951. The van der Waals surface area contributed by atoms with Crippen molar-refractivity contribution in [2.75, 3.05) is 32.6 Å². The van der Waals surface area contributed by atoms with E-state index in [-0.39, 0.29) is 5.91 Å². The summed E-state index contributed by atoms with van der Waals surface area (Å²) in [4.78, 5) is 21.3. The van der Waals surface area contributed by atoms with Crippen molar-refractivity contribution in [3.05, 3.63) is 72.2 Å². The zero-order valence-electron chi connectivity index (χ0n) is 18.6. The third kappa shape index (κ3) is 5.20. The molecule has 0 fully saturated rings. The highest BCUT2D eigenvalue weighted by Gasteiger charge is 2.12. The highest BCUT2D eigenvalue weighted by Crippen LogP contribution is 2.27. The SMILES string of the molecule is COc1ccc(C(=O)NCCn2ncc3c(NCCc4ccccc4)ncnc32)cc1OC. The number of methoxy groups -OCH3 is 2. The standard InChI is InChI=1S/C24H26N6O3/c1-32-20-9-8-18(14-21(20)33-2)24(31)26-12-13-30-23-19(15-29-30)22(27-16-28-23)25-11-10-17-6-4-3-5-7-17/h3-9,14-16H,10-13H2,1-2H3,(H,26,31)(H,25,27,28). The Kier molecular flexibility index (Phi) is 6.99. The molecule has 4 aromatic rings. The molecule has 0 aliphatic rings. The van der Waals surface area contributed by atoms with Gasteiger partial charge in [0.05, 0.1) is 32.3 Å². The van der Waals surface area contributed by atoms with Crippen molar-refractivity contribution in [3.63, 3.8) is 0 Å². The number of anilines is 1. The van der Waals surface area contributed by atoms with Gasteiger partial charge in [0, 0.05) is 18.7 Å². The van der Waals surface area contributed by atoms with Gasteiger partial charge in [0.15, 0.2) is 17.1 Å². The second kappa shape index (κ2) is 10.4. The Morgan fingerprint density at radius 1 is 1.00 bits per heavy atom. The predicted molar refractivity (Wildman–Crippen MR) is 126 cm³/mol. The van der Waals surface area contributed by atoms with Crippen molar-refractivity contribution < 1.29 is 14.3 Å². The minimum Gasteiger partial charge on any atom is -0.493 e. The molecule has 0 spiro atoms. The first-order chi connectivity index (χ1) is 16.2. The summed E-state index contributed by atoms with van der Waals surface area (Å²) >= 11 is 0. The molecule has 0 saturated heterocycles. The maximum atomic E-state index is 12.5. The van der Waals surface area contributed by atoms with Crippen molar-refractivity contribution in [3.8, 4) is 11.5 Å². The van der Waals surface area contributed by atoms with Gasteiger partial charge < -0.3 is 20.1 Å². The Hall–Kier alpha value is -4.14. The Bertz CT molecular complexity index is 1230. The van der Waals surface area contributed by atoms with Crippen LogP contribution in [0.1, 0.15) is 15.9 Å². The number of nitrogens with one attached hydrogen (secondary N) is 2. The number of nitrogens with zero attached hydrogens (tertiary/aromatic N) is 4. The van der Waals surface area contributed by atoms with Gasteiger partial charge in [-0.2, -0.15) is 5.10 Å². The lowest BCUT2D eigenvalue weighted by atomic mass is 10.1. The van der Waals surface area contributed by atoms with Crippen LogP contribution in [0.2, 0.25) is 0 Å². The predicted octanol–water partition coefficient (Wildman–Crippen LogP) is 2.93. The minimum absolute atomic E-state index is 0.203. The molecular formula is C24H26N6O3. The molecule has 2 aromatic heterocycles. The van der Waals surface area contributed by atoms with Crippen molar-refractivity contribution in [2.45, 2.75) is 13.0 Å². The first kappa shape index (κ1) is 22.1. The third-order valence-corrected chi connectivity index (χ3v) is 5.24. The highest BCUT2D eigenvalue weighted by atomic mass is 16.5. The maximum Gasteiger partial charge on any atom is 0.251 e. The van der Waals surface area contributed by atoms with Crippen molar-refractivity contribution in [1.82, 2.24) is 25.1 Å². The number of amides is 1. The van der Waals surface area contributed by atoms with Gasteiger partial charge in [-0.3, -0.25) is 4.79 Å². The molecule has 1 amide bonds. The van der Waals surface area contributed by atoms with Crippen LogP contribution >= 0.6 is 0 Å². The fourth-order valence-electron chi connectivity index (χ4n) is 3.52. The molecule has 0 aliphatic carbocycles. The summed E-state index contributed by atoms with van der Waals surface area (Å²) in [5.74, 6) is 1.62. The van der Waals surface area contributed by atoms with Crippen molar-refractivity contribution in [1.29, 1.82) is 0 Å². The molecule has 2 N–H and O–H groups in total. The van der Waals surface area contributed by atoms with Crippen LogP contribution in [0.3, 0.4) is 0 Å². The third-order valence-electron chi connectivity index (χ3n) is 5.24. The number of carbonyl (C=O) groups is 1. The Morgan fingerprint density at radius 3 is 2.61 bits per heavy atom. The molecule has 0 atom stereocenters. The fraction of sp³-hybridized carbons (Fsp3) is 0.250. The smallest absolute Gasteiger partial charge is 0.251 e. The second-order valence-electron chi connectivity index (χ2n) is 7.32. The van der Waals surface area contributed by atoms with Crippen LogP contribution in [-0.2, 0) is 13.0 Å². The van der Waals surface area contributed by atoms with E-state index in [9.17, 15) is 4.79 Å². The van der Waals surface area contributed by atoms with Gasteiger partial charge in [-0.1, -0.05) is 30.3 Å². The number of carbonyl (C=O) groups excluding carboxylic acids is 1. The molecule has 0 bridgehead atoms. The molecule has 4 rings (SSSR count). The van der Waals surface area contributed by atoms with E-state index in [2.05, 4.69) is 37.8 Å². The molecule has 0 saturated carbocycles. The highest BCUT2D eigenvalue weighted by molar-refractivity contribution is 5.94. The summed E-state index contributed by atoms with van der Waals surface area (Å²) in [5, 5.41) is 11.5. The quantitative estimate of drug-likeness (QED) is 0.386. The molecule has 33 heavy (non-hydrogen) atoms. The number of benzene rings is 2. The van der Waals surface area contributed by atoms with Crippen molar-refractivity contribution >= 4 is 22.8 Å². The van der Waals surface area contributed by atoms with E-state index in [1.54, 1.807) is 36.2 Å². The Labute approximate surface area is 191 Å². The van der Waals surface area contributed by atoms with E-state index in [1.165, 1.54) is 19.0 Å². The average molecular weight is 447 g/mol. The summed E-state index contributed by atoms with van der Waals surface area (Å²) in [6.07, 6.45) is 4.16. The summed E-state index contributed by atoms with van der Waals surface area (Å²) in [6, 6.07) is 15.3.